The molecule has 2 heterocycles. The van der Waals surface area contributed by atoms with E-state index in [4.69, 9.17) is 4.74 Å². The van der Waals surface area contributed by atoms with Gasteiger partial charge in [-0.3, -0.25) is 9.59 Å². The Hall–Kier alpha value is -3.26. The summed E-state index contributed by atoms with van der Waals surface area (Å²) in [7, 11) is 1.61. The van der Waals surface area contributed by atoms with Crippen LogP contribution in [0.4, 0.5) is 10.8 Å². The van der Waals surface area contributed by atoms with Crippen LogP contribution in [-0.2, 0) is 9.59 Å². The third-order valence-corrected chi connectivity index (χ3v) is 7.02. The van der Waals surface area contributed by atoms with Crippen molar-refractivity contribution in [2.24, 2.45) is 5.92 Å². The van der Waals surface area contributed by atoms with E-state index < -0.39 is 12.0 Å². The lowest BCUT2D eigenvalue weighted by atomic mass is 9.83. The Bertz CT molecular complexity index is 1110. The first kappa shape index (κ1) is 20.6. The van der Waals surface area contributed by atoms with Crippen molar-refractivity contribution in [1.82, 2.24) is 10.2 Å². The van der Waals surface area contributed by atoms with Gasteiger partial charge in [-0.1, -0.05) is 41.7 Å². The smallest absolute Gasteiger partial charge is 0.231 e. The molecule has 2 aromatic carbocycles. The van der Waals surface area contributed by atoms with Crippen LogP contribution < -0.4 is 15.0 Å². The lowest BCUT2D eigenvalue weighted by molar-refractivity contribution is -0.125. The lowest BCUT2D eigenvalue weighted by Crippen LogP contribution is -2.46. The molecule has 1 aromatic heterocycles. The second kappa shape index (κ2) is 8.70. The molecule has 8 heteroatoms. The molecule has 2 amide bonds. The molecule has 2 aliphatic rings. The molecule has 0 unspecified atom stereocenters. The Morgan fingerprint density at radius 1 is 1.06 bits per heavy atom. The number of piperidine rings is 1. The number of rotatable bonds is 6. The van der Waals surface area contributed by atoms with Crippen LogP contribution in [-0.4, -0.2) is 29.1 Å². The van der Waals surface area contributed by atoms with Gasteiger partial charge in [-0.2, -0.15) is 0 Å². The van der Waals surface area contributed by atoms with Gasteiger partial charge < -0.3 is 15.0 Å². The van der Waals surface area contributed by atoms with Crippen LogP contribution >= 0.6 is 11.3 Å². The van der Waals surface area contributed by atoms with Crippen molar-refractivity contribution in [2.75, 3.05) is 17.3 Å². The summed E-state index contributed by atoms with van der Waals surface area (Å²) in [6.07, 6.45) is 3.06. The van der Waals surface area contributed by atoms with Crippen LogP contribution in [0.15, 0.2) is 54.6 Å². The van der Waals surface area contributed by atoms with Gasteiger partial charge in [0.05, 0.1) is 19.1 Å². The average molecular weight is 449 g/mol. The standard InChI is InChI=1S/C24H24N4O3S/c1-31-18-11-9-17(10-12-18)28-20(29)14-13-19(21(28)15-5-3-2-4-6-15)22(30)25-24-27-26-23(32-24)16-7-8-16/h2-6,9-12,16,19,21H,7-8,13-14H2,1H3,(H,25,27,30)/t19-,21-/m1/s1. The monoisotopic (exact) mass is 448 g/mol. The van der Waals surface area contributed by atoms with Crippen molar-refractivity contribution in [2.45, 2.75) is 37.6 Å². The summed E-state index contributed by atoms with van der Waals surface area (Å²) >= 11 is 1.45. The van der Waals surface area contributed by atoms with Gasteiger partial charge in [-0.05, 0) is 49.1 Å². The Kier molecular flexibility index (Phi) is 5.61. The first-order valence-electron chi connectivity index (χ1n) is 10.8. The predicted molar refractivity (Wildman–Crippen MR) is 123 cm³/mol. The van der Waals surface area contributed by atoms with E-state index in [1.807, 2.05) is 54.6 Å². The van der Waals surface area contributed by atoms with Gasteiger partial charge in [0.15, 0.2) is 0 Å². The maximum absolute atomic E-state index is 13.4. The van der Waals surface area contributed by atoms with E-state index in [1.165, 1.54) is 11.3 Å². The molecule has 1 aliphatic heterocycles. The number of nitrogens with one attached hydrogen (secondary N) is 1. The minimum absolute atomic E-state index is 0.00000447. The van der Waals surface area contributed by atoms with Crippen molar-refractivity contribution in [3.8, 4) is 5.75 Å². The number of carbonyl (C=O) groups is 2. The molecule has 5 rings (SSSR count). The van der Waals surface area contributed by atoms with Crippen LogP contribution in [0, 0.1) is 5.92 Å². The fourth-order valence-corrected chi connectivity index (χ4v) is 5.14. The zero-order chi connectivity index (χ0) is 22.1. The van der Waals surface area contributed by atoms with Gasteiger partial charge in [-0.25, -0.2) is 0 Å². The molecular formula is C24H24N4O3S. The van der Waals surface area contributed by atoms with Crippen molar-refractivity contribution in [3.63, 3.8) is 0 Å². The van der Waals surface area contributed by atoms with Crippen molar-refractivity contribution in [1.29, 1.82) is 0 Å². The number of anilines is 2. The SMILES string of the molecule is COc1ccc(N2C(=O)CC[C@@H](C(=O)Nc3nnc(C4CC4)s3)[C@H]2c2ccccc2)cc1. The average Bonchev–Trinajstić information content (AvgIpc) is 3.58. The third-order valence-electron chi connectivity index (χ3n) is 6.02. The number of ether oxygens (including phenoxy) is 1. The van der Waals surface area contributed by atoms with E-state index in [0.717, 1.165) is 29.1 Å². The quantitative estimate of drug-likeness (QED) is 0.598. The fourth-order valence-electron chi connectivity index (χ4n) is 4.22. The number of hydrogen-bond donors (Lipinski definition) is 1. The number of methoxy groups -OCH3 is 1. The Labute approximate surface area is 190 Å². The van der Waals surface area contributed by atoms with E-state index >= 15 is 0 Å². The highest BCUT2D eigenvalue weighted by molar-refractivity contribution is 7.15. The van der Waals surface area contributed by atoms with Crippen molar-refractivity contribution >= 4 is 34.0 Å². The molecule has 0 spiro atoms. The molecule has 3 aromatic rings. The van der Waals surface area contributed by atoms with Gasteiger partial charge in [0.1, 0.15) is 10.8 Å². The largest absolute Gasteiger partial charge is 0.497 e. The van der Waals surface area contributed by atoms with E-state index in [2.05, 4.69) is 15.5 Å². The zero-order valence-corrected chi connectivity index (χ0v) is 18.5. The van der Waals surface area contributed by atoms with E-state index in [-0.39, 0.29) is 11.8 Å². The maximum Gasteiger partial charge on any atom is 0.231 e. The van der Waals surface area contributed by atoms with E-state index in [0.29, 0.717) is 29.6 Å². The van der Waals surface area contributed by atoms with Gasteiger partial charge in [-0.15, -0.1) is 10.2 Å². The highest BCUT2D eigenvalue weighted by Crippen LogP contribution is 2.43. The molecule has 0 bridgehead atoms. The minimum atomic E-state index is -0.415. The Balaban J connectivity index is 1.47. The molecule has 1 saturated heterocycles. The topological polar surface area (TPSA) is 84.4 Å². The lowest BCUT2D eigenvalue weighted by Gasteiger charge is -2.40. The van der Waals surface area contributed by atoms with Gasteiger partial charge >= 0.3 is 0 Å². The first-order chi connectivity index (χ1) is 15.6. The van der Waals surface area contributed by atoms with Crippen LogP contribution in [0.3, 0.4) is 0 Å². The van der Waals surface area contributed by atoms with Gasteiger partial charge in [0, 0.05) is 18.0 Å². The van der Waals surface area contributed by atoms with Crippen LogP contribution in [0.5, 0.6) is 5.75 Å². The number of benzene rings is 2. The van der Waals surface area contributed by atoms with E-state index in [9.17, 15) is 9.59 Å². The molecule has 2 atom stereocenters. The summed E-state index contributed by atoms with van der Waals surface area (Å²) in [5, 5.41) is 12.9. The Morgan fingerprint density at radius 2 is 1.81 bits per heavy atom. The summed E-state index contributed by atoms with van der Waals surface area (Å²) in [6, 6.07) is 16.7. The normalized spacial score (nSPS) is 20.8. The summed E-state index contributed by atoms with van der Waals surface area (Å²) < 4.78 is 5.26. The number of hydrogen-bond acceptors (Lipinski definition) is 6. The molecular weight excluding hydrogens is 424 g/mol. The number of amides is 2. The highest BCUT2D eigenvalue weighted by Gasteiger charge is 2.41. The Morgan fingerprint density at radius 3 is 2.50 bits per heavy atom. The first-order valence-corrected chi connectivity index (χ1v) is 11.6. The maximum atomic E-state index is 13.4. The summed E-state index contributed by atoms with van der Waals surface area (Å²) in [5.74, 6) is 0.661. The van der Waals surface area contributed by atoms with E-state index in [1.54, 1.807) is 12.0 Å². The van der Waals surface area contributed by atoms with Crippen LogP contribution in [0.2, 0.25) is 0 Å². The molecule has 1 N–H and O–H groups in total. The summed E-state index contributed by atoms with van der Waals surface area (Å²) in [6.45, 7) is 0. The number of carbonyl (C=O) groups excluding carboxylic acids is 2. The molecule has 1 aliphatic carbocycles. The minimum Gasteiger partial charge on any atom is -0.497 e. The molecule has 0 radical (unpaired) electrons. The molecule has 1 saturated carbocycles. The van der Waals surface area contributed by atoms with Crippen molar-refractivity contribution < 1.29 is 14.3 Å². The number of nitrogens with zero attached hydrogens (tertiary/aromatic N) is 3. The third kappa shape index (κ3) is 4.10. The number of aromatic nitrogens is 2. The highest BCUT2D eigenvalue weighted by atomic mass is 32.1. The van der Waals surface area contributed by atoms with Crippen molar-refractivity contribution in [3.05, 3.63) is 65.2 Å². The van der Waals surface area contributed by atoms with Gasteiger partial charge in [0.2, 0.25) is 16.9 Å². The summed E-state index contributed by atoms with van der Waals surface area (Å²) in [5.41, 5.74) is 1.67. The molecule has 164 valence electrons. The zero-order valence-electron chi connectivity index (χ0n) is 17.7. The van der Waals surface area contributed by atoms with Gasteiger partial charge in [0.25, 0.3) is 0 Å². The van der Waals surface area contributed by atoms with Crippen LogP contribution in [0.1, 0.15) is 48.2 Å². The molecule has 32 heavy (non-hydrogen) atoms. The second-order valence-electron chi connectivity index (χ2n) is 8.17. The molecule has 2 fully saturated rings. The molecule has 7 nitrogen and oxygen atoms in total. The van der Waals surface area contributed by atoms with Crippen LogP contribution in [0.25, 0.3) is 0 Å². The fraction of sp³-hybridized carbons (Fsp3) is 0.333. The summed E-state index contributed by atoms with van der Waals surface area (Å²) in [4.78, 5) is 28.2. The second-order valence-corrected chi connectivity index (χ2v) is 9.18. The predicted octanol–water partition coefficient (Wildman–Crippen LogP) is 4.55.